The summed E-state index contributed by atoms with van der Waals surface area (Å²) in [4.78, 5) is 34.4. The molecule has 90 valence electrons. The van der Waals surface area contributed by atoms with E-state index < -0.39 is 17.2 Å². The van der Waals surface area contributed by atoms with Crippen LogP contribution in [-0.2, 0) is 24.5 Å². The van der Waals surface area contributed by atoms with Gasteiger partial charge in [-0.05, 0) is 12.5 Å². The van der Waals surface area contributed by atoms with Crippen molar-refractivity contribution in [1.29, 1.82) is 0 Å². The van der Waals surface area contributed by atoms with Gasteiger partial charge in [-0.25, -0.2) is 0 Å². The van der Waals surface area contributed by atoms with E-state index in [-0.39, 0.29) is 6.42 Å². The number of aldehydes is 1. The maximum absolute atomic E-state index is 11.9. The second-order valence-electron chi connectivity index (χ2n) is 3.69. The number of Topliss-reactive ketones (excluding diaryl/α,β-unsaturated/α-hetero) is 1. The van der Waals surface area contributed by atoms with Crippen LogP contribution in [0.4, 0.5) is 0 Å². The first kappa shape index (κ1) is 13.1. The lowest BCUT2D eigenvalue weighted by molar-refractivity contribution is -0.152. The van der Waals surface area contributed by atoms with Crippen molar-refractivity contribution in [3.05, 3.63) is 35.9 Å². The van der Waals surface area contributed by atoms with Crippen LogP contribution in [0.25, 0.3) is 0 Å². The van der Waals surface area contributed by atoms with Crippen LogP contribution in [0.3, 0.4) is 0 Å². The number of esters is 1. The van der Waals surface area contributed by atoms with Crippen LogP contribution in [0.2, 0.25) is 0 Å². The average molecular weight is 234 g/mol. The number of hydrogen-bond acceptors (Lipinski definition) is 4. The van der Waals surface area contributed by atoms with Crippen LogP contribution in [0, 0.1) is 0 Å². The molecule has 17 heavy (non-hydrogen) atoms. The molecular formula is C13H14O4. The Balaban J connectivity index is 3.40. The molecule has 1 aromatic carbocycles. The SMILES string of the molecule is COC(=O)C(CC=O)(C(C)=O)c1ccccc1. The molecule has 0 radical (unpaired) electrons. The molecule has 0 N–H and O–H groups in total. The minimum absolute atomic E-state index is 0.209. The molecule has 0 spiro atoms. The third kappa shape index (κ3) is 2.25. The Bertz CT molecular complexity index is 424. The largest absolute Gasteiger partial charge is 0.468 e. The fraction of sp³-hybridized carbons (Fsp3) is 0.308. The predicted octanol–water partition coefficient (Wildman–Crippen LogP) is 1.28. The first-order valence-corrected chi connectivity index (χ1v) is 5.18. The van der Waals surface area contributed by atoms with Crippen LogP contribution < -0.4 is 0 Å². The predicted molar refractivity (Wildman–Crippen MR) is 61.5 cm³/mol. The zero-order valence-corrected chi connectivity index (χ0v) is 9.80. The number of rotatable bonds is 5. The average Bonchev–Trinajstić information content (AvgIpc) is 2.35. The van der Waals surface area contributed by atoms with E-state index in [4.69, 9.17) is 0 Å². The van der Waals surface area contributed by atoms with Crippen molar-refractivity contribution in [2.24, 2.45) is 0 Å². The van der Waals surface area contributed by atoms with Crippen molar-refractivity contribution in [2.45, 2.75) is 18.8 Å². The summed E-state index contributed by atoms with van der Waals surface area (Å²) >= 11 is 0. The lowest BCUT2D eigenvalue weighted by atomic mass is 9.75. The lowest BCUT2D eigenvalue weighted by Crippen LogP contribution is -2.43. The Kier molecular flexibility index (Phi) is 4.15. The lowest BCUT2D eigenvalue weighted by Gasteiger charge is -2.26. The van der Waals surface area contributed by atoms with Crippen LogP contribution in [-0.4, -0.2) is 25.1 Å². The fourth-order valence-electron chi connectivity index (χ4n) is 1.83. The molecule has 0 amide bonds. The first-order valence-electron chi connectivity index (χ1n) is 5.18. The van der Waals surface area contributed by atoms with Crippen LogP contribution >= 0.6 is 0 Å². The van der Waals surface area contributed by atoms with Gasteiger partial charge < -0.3 is 9.53 Å². The minimum atomic E-state index is -1.52. The van der Waals surface area contributed by atoms with Crippen molar-refractivity contribution < 1.29 is 19.1 Å². The number of carbonyl (C=O) groups is 3. The van der Waals surface area contributed by atoms with Crippen LogP contribution in [0.5, 0.6) is 0 Å². The molecular weight excluding hydrogens is 220 g/mol. The summed E-state index contributed by atoms with van der Waals surface area (Å²) < 4.78 is 4.67. The van der Waals surface area contributed by atoms with E-state index in [1.807, 2.05) is 0 Å². The number of methoxy groups -OCH3 is 1. The van der Waals surface area contributed by atoms with Gasteiger partial charge in [-0.1, -0.05) is 30.3 Å². The van der Waals surface area contributed by atoms with Gasteiger partial charge in [0.15, 0.2) is 11.2 Å². The van der Waals surface area contributed by atoms with Gasteiger partial charge in [0.2, 0.25) is 0 Å². The molecule has 0 aliphatic rings. The van der Waals surface area contributed by atoms with E-state index >= 15 is 0 Å². The summed E-state index contributed by atoms with van der Waals surface area (Å²) in [5, 5.41) is 0. The quantitative estimate of drug-likeness (QED) is 0.437. The van der Waals surface area contributed by atoms with Gasteiger partial charge in [0, 0.05) is 6.42 Å². The summed E-state index contributed by atoms with van der Waals surface area (Å²) in [5.74, 6) is -1.11. The van der Waals surface area contributed by atoms with Crippen molar-refractivity contribution in [3.63, 3.8) is 0 Å². The van der Waals surface area contributed by atoms with E-state index in [1.165, 1.54) is 14.0 Å². The molecule has 0 heterocycles. The van der Waals surface area contributed by atoms with Gasteiger partial charge in [-0.15, -0.1) is 0 Å². The molecule has 4 nitrogen and oxygen atoms in total. The summed E-state index contributed by atoms with van der Waals surface area (Å²) in [5.41, 5.74) is -1.04. The Hall–Kier alpha value is -1.97. The van der Waals surface area contributed by atoms with Gasteiger partial charge in [0.1, 0.15) is 6.29 Å². The van der Waals surface area contributed by atoms with Gasteiger partial charge in [0.05, 0.1) is 7.11 Å². The molecule has 1 unspecified atom stereocenters. The second kappa shape index (κ2) is 5.39. The van der Waals surface area contributed by atoms with Crippen molar-refractivity contribution in [1.82, 2.24) is 0 Å². The second-order valence-corrected chi connectivity index (χ2v) is 3.69. The normalized spacial score (nSPS) is 13.5. The first-order chi connectivity index (χ1) is 8.09. The highest BCUT2D eigenvalue weighted by Crippen LogP contribution is 2.30. The summed E-state index contributed by atoms with van der Waals surface area (Å²) in [7, 11) is 1.20. The number of carbonyl (C=O) groups excluding carboxylic acids is 3. The van der Waals surface area contributed by atoms with E-state index in [2.05, 4.69) is 4.74 Å². The molecule has 0 aliphatic heterocycles. The molecule has 0 fully saturated rings. The van der Waals surface area contributed by atoms with E-state index in [9.17, 15) is 14.4 Å². The molecule has 0 bridgehead atoms. The van der Waals surface area contributed by atoms with Gasteiger partial charge in [-0.2, -0.15) is 0 Å². The summed E-state index contributed by atoms with van der Waals surface area (Å²) in [6, 6.07) is 8.47. The molecule has 1 rings (SSSR count). The van der Waals surface area contributed by atoms with Crippen molar-refractivity contribution in [2.75, 3.05) is 7.11 Å². The van der Waals surface area contributed by atoms with E-state index in [0.29, 0.717) is 11.8 Å². The zero-order valence-electron chi connectivity index (χ0n) is 9.80. The fourth-order valence-corrected chi connectivity index (χ4v) is 1.83. The maximum atomic E-state index is 11.9. The topological polar surface area (TPSA) is 60.4 Å². The molecule has 0 saturated carbocycles. The third-order valence-electron chi connectivity index (χ3n) is 2.79. The number of ether oxygens (including phenoxy) is 1. The maximum Gasteiger partial charge on any atom is 0.324 e. The third-order valence-corrected chi connectivity index (χ3v) is 2.79. The van der Waals surface area contributed by atoms with Gasteiger partial charge in [-0.3, -0.25) is 9.59 Å². The van der Waals surface area contributed by atoms with Gasteiger partial charge >= 0.3 is 5.97 Å². The standard InChI is InChI=1S/C13H14O4/c1-10(15)13(8-9-14,12(16)17-2)11-6-4-3-5-7-11/h3-7,9H,8H2,1-2H3. The van der Waals surface area contributed by atoms with Gasteiger partial charge in [0.25, 0.3) is 0 Å². The Morgan fingerprint density at radius 1 is 1.29 bits per heavy atom. The molecule has 0 saturated heterocycles. The highest BCUT2D eigenvalue weighted by atomic mass is 16.5. The highest BCUT2D eigenvalue weighted by molar-refractivity contribution is 6.10. The molecule has 0 aliphatic carbocycles. The van der Waals surface area contributed by atoms with E-state index in [0.717, 1.165) is 0 Å². The molecule has 4 heteroatoms. The Morgan fingerprint density at radius 3 is 2.29 bits per heavy atom. The smallest absolute Gasteiger partial charge is 0.324 e. The summed E-state index contributed by atoms with van der Waals surface area (Å²) in [6.45, 7) is 1.29. The number of benzene rings is 1. The molecule has 1 atom stereocenters. The number of hydrogen-bond donors (Lipinski definition) is 0. The highest BCUT2D eigenvalue weighted by Gasteiger charge is 2.45. The minimum Gasteiger partial charge on any atom is -0.468 e. The molecule has 0 aromatic heterocycles. The number of ketones is 1. The van der Waals surface area contributed by atoms with Crippen LogP contribution in [0.1, 0.15) is 18.9 Å². The Morgan fingerprint density at radius 2 is 1.88 bits per heavy atom. The summed E-state index contributed by atoms with van der Waals surface area (Å²) in [6.07, 6.45) is 0.352. The monoisotopic (exact) mass is 234 g/mol. The van der Waals surface area contributed by atoms with Crippen LogP contribution in [0.15, 0.2) is 30.3 Å². The van der Waals surface area contributed by atoms with E-state index in [1.54, 1.807) is 30.3 Å². The molecule has 1 aromatic rings. The van der Waals surface area contributed by atoms with Crippen molar-refractivity contribution >= 4 is 18.0 Å². The zero-order chi connectivity index (χ0) is 12.9. The van der Waals surface area contributed by atoms with Crippen molar-refractivity contribution in [3.8, 4) is 0 Å². The Labute approximate surface area is 99.6 Å².